The number of hydrogen-bond acceptors (Lipinski definition) is 3. The monoisotopic (exact) mass is 251 g/mol. The van der Waals surface area contributed by atoms with Crippen LogP contribution in [0.1, 0.15) is 18.4 Å². The molecule has 1 aliphatic heterocycles. The molecule has 0 bridgehead atoms. The van der Waals surface area contributed by atoms with Gasteiger partial charge >= 0.3 is 0 Å². The first-order chi connectivity index (χ1) is 8.34. The summed E-state index contributed by atoms with van der Waals surface area (Å²) in [5.74, 6) is 1.12. The molecule has 17 heavy (non-hydrogen) atoms. The zero-order valence-corrected chi connectivity index (χ0v) is 11.3. The Morgan fingerprint density at radius 2 is 2.18 bits per heavy atom. The van der Waals surface area contributed by atoms with Gasteiger partial charge in [-0.1, -0.05) is 17.7 Å². The number of rotatable bonds is 6. The second-order valence-corrected chi connectivity index (χ2v) is 5.67. The molecule has 2 nitrogen and oxygen atoms in total. The third kappa shape index (κ3) is 4.70. The summed E-state index contributed by atoms with van der Waals surface area (Å²) in [5, 5.41) is 3.46. The topological polar surface area (TPSA) is 21.3 Å². The van der Waals surface area contributed by atoms with Crippen molar-refractivity contribution in [3.63, 3.8) is 0 Å². The van der Waals surface area contributed by atoms with Crippen molar-refractivity contribution in [3.8, 4) is 0 Å². The summed E-state index contributed by atoms with van der Waals surface area (Å²) in [7, 11) is 0. The van der Waals surface area contributed by atoms with E-state index in [1.54, 1.807) is 0 Å². The summed E-state index contributed by atoms with van der Waals surface area (Å²) in [6.45, 7) is 5.13. The highest BCUT2D eigenvalue weighted by molar-refractivity contribution is 7.99. The molecule has 1 aliphatic rings. The molecule has 1 atom stereocenters. The van der Waals surface area contributed by atoms with Crippen molar-refractivity contribution in [1.29, 1.82) is 0 Å². The normalized spacial score (nSPS) is 19.7. The van der Waals surface area contributed by atoms with Crippen molar-refractivity contribution >= 4 is 11.8 Å². The van der Waals surface area contributed by atoms with E-state index in [1.807, 2.05) is 11.8 Å². The first-order valence-electron chi connectivity index (χ1n) is 6.36. The average Bonchev–Trinajstić information content (AvgIpc) is 2.84. The van der Waals surface area contributed by atoms with Gasteiger partial charge in [0.1, 0.15) is 0 Å². The number of hydrogen-bond donors (Lipinski definition) is 1. The predicted molar refractivity (Wildman–Crippen MR) is 73.7 cm³/mol. The van der Waals surface area contributed by atoms with Crippen LogP contribution in [0.2, 0.25) is 0 Å². The summed E-state index contributed by atoms with van der Waals surface area (Å²) in [5.41, 5.74) is 1.32. The quantitative estimate of drug-likeness (QED) is 0.620. The van der Waals surface area contributed by atoms with Crippen molar-refractivity contribution in [1.82, 2.24) is 5.32 Å². The van der Waals surface area contributed by atoms with Crippen LogP contribution in [0.3, 0.4) is 0 Å². The molecule has 0 radical (unpaired) electrons. The lowest BCUT2D eigenvalue weighted by atomic mass is 10.2. The van der Waals surface area contributed by atoms with Crippen LogP contribution < -0.4 is 5.32 Å². The van der Waals surface area contributed by atoms with Gasteiger partial charge in [0.05, 0.1) is 6.10 Å². The lowest BCUT2D eigenvalue weighted by molar-refractivity contribution is 0.110. The molecule has 0 aromatic heterocycles. The van der Waals surface area contributed by atoms with E-state index in [-0.39, 0.29) is 0 Å². The maximum Gasteiger partial charge on any atom is 0.0700 e. The number of benzene rings is 1. The van der Waals surface area contributed by atoms with E-state index < -0.39 is 0 Å². The van der Waals surface area contributed by atoms with Crippen molar-refractivity contribution < 1.29 is 4.74 Å². The van der Waals surface area contributed by atoms with Crippen LogP contribution in [-0.2, 0) is 4.74 Å². The fourth-order valence-electron chi connectivity index (χ4n) is 1.94. The van der Waals surface area contributed by atoms with Gasteiger partial charge in [0.15, 0.2) is 0 Å². The zero-order valence-electron chi connectivity index (χ0n) is 10.4. The number of thioether (sulfide) groups is 1. The molecule has 0 unspecified atom stereocenters. The maximum absolute atomic E-state index is 5.56. The highest BCUT2D eigenvalue weighted by atomic mass is 32.2. The van der Waals surface area contributed by atoms with E-state index >= 15 is 0 Å². The lowest BCUT2D eigenvalue weighted by Crippen LogP contribution is -2.27. The van der Waals surface area contributed by atoms with Crippen LogP contribution in [0.4, 0.5) is 0 Å². The number of aryl methyl sites for hydroxylation is 1. The summed E-state index contributed by atoms with van der Waals surface area (Å²) in [4.78, 5) is 1.36. The van der Waals surface area contributed by atoms with Gasteiger partial charge in [-0.15, -0.1) is 11.8 Å². The Morgan fingerprint density at radius 3 is 2.88 bits per heavy atom. The van der Waals surface area contributed by atoms with E-state index in [1.165, 1.54) is 23.3 Å². The Labute approximate surface area is 108 Å². The maximum atomic E-state index is 5.56. The molecule has 1 N–H and O–H groups in total. The number of nitrogens with one attached hydrogen (secondary N) is 1. The van der Waals surface area contributed by atoms with E-state index in [0.717, 1.165) is 25.4 Å². The second-order valence-electron chi connectivity index (χ2n) is 4.50. The van der Waals surface area contributed by atoms with Crippen LogP contribution >= 0.6 is 11.8 Å². The Bertz CT molecular complexity index is 319. The SMILES string of the molecule is Cc1ccc(SCCNC[C@@H]2CCCO2)cc1. The van der Waals surface area contributed by atoms with Crippen molar-refractivity contribution in [2.45, 2.75) is 30.8 Å². The summed E-state index contributed by atoms with van der Waals surface area (Å²) < 4.78 is 5.56. The van der Waals surface area contributed by atoms with Crippen molar-refractivity contribution in [3.05, 3.63) is 29.8 Å². The van der Waals surface area contributed by atoms with E-state index in [4.69, 9.17) is 4.74 Å². The molecule has 2 rings (SSSR count). The van der Waals surface area contributed by atoms with Crippen LogP contribution in [0, 0.1) is 6.92 Å². The highest BCUT2D eigenvalue weighted by Gasteiger charge is 2.13. The zero-order chi connectivity index (χ0) is 11.9. The van der Waals surface area contributed by atoms with Gasteiger partial charge in [-0.25, -0.2) is 0 Å². The summed E-state index contributed by atoms with van der Waals surface area (Å²) in [6.07, 6.45) is 2.90. The molecule has 0 aliphatic carbocycles. The van der Waals surface area contributed by atoms with Gasteiger partial charge in [-0.05, 0) is 31.9 Å². The minimum absolute atomic E-state index is 0.458. The van der Waals surface area contributed by atoms with Gasteiger partial charge in [0.25, 0.3) is 0 Å². The van der Waals surface area contributed by atoms with Crippen LogP contribution in [0.15, 0.2) is 29.2 Å². The molecule has 0 saturated carbocycles. The summed E-state index contributed by atoms with van der Waals surface area (Å²) in [6, 6.07) is 8.73. The molecule has 3 heteroatoms. The molecular formula is C14H21NOS. The van der Waals surface area contributed by atoms with Gasteiger partial charge in [-0.3, -0.25) is 0 Å². The predicted octanol–water partition coefficient (Wildman–Crippen LogP) is 2.86. The highest BCUT2D eigenvalue weighted by Crippen LogP contribution is 2.17. The van der Waals surface area contributed by atoms with E-state index in [9.17, 15) is 0 Å². The van der Waals surface area contributed by atoms with E-state index in [2.05, 4.69) is 36.5 Å². The Balaban J connectivity index is 1.55. The largest absolute Gasteiger partial charge is 0.377 e. The lowest BCUT2D eigenvalue weighted by Gasteiger charge is -2.10. The molecule has 94 valence electrons. The van der Waals surface area contributed by atoms with Crippen molar-refractivity contribution in [2.24, 2.45) is 0 Å². The van der Waals surface area contributed by atoms with Gasteiger partial charge in [0.2, 0.25) is 0 Å². The smallest absolute Gasteiger partial charge is 0.0700 e. The fourth-order valence-corrected chi connectivity index (χ4v) is 2.75. The summed E-state index contributed by atoms with van der Waals surface area (Å²) >= 11 is 1.91. The van der Waals surface area contributed by atoms with Gasteiger partial charge < -0.3 is 10.1 Å². The molecular weight excluding hydrogens is 230 g/mol. The average molecular weight is 251 g/mol. The van der Waals surface area contributed by atoms with Crippen LogP contribution in [-0.4, -0.2) is 31.6 Å². The first kappa shape index (κ1) is 12.9. The van der Waals surface area contributed by atoms with Gasteiger partial charge in [0, 0.05) is 30.3 Å². The second kappa shape index (κ2) is 7.04. The van der Waals surface area contributed by atoms with Gasteiger partial charge in [-0.2, -0.15) is 0 Å². The minimum Gasteiger partial charge on any atom is -0.377 e. The third-order valence-electron chi connectivity index (χ3n) is 2.96. The molecule has 1 saturated heterocycles. The van der Waals surface area contributed by atoms with Crippen LogP contribution in [0.5, 0.6) is 0 Å². The Morgan fingerprint density at radius 1 is 1.35 bits per heavy atom. The molecule has 1 fully saturated rings. The molecule has 1 aromatic rings. The van der Waals surface area contributed by atoms with E-state index in [0.29, 0.717) is 6.10 Å². The van der Waals surface area contributed by atoms with Crippen molar-refractivity contribution in [2.75, 3.05) is 25.4 Å². The minimum atomic E-state index is 0.458. The standard InChI is InChI=1S/C14H21NOS/c1-12-4-6-14(7-5-12)17-10-8-15-11-13-3-2-9-16-13/h4-7,13,15H,2-3,8-11H2,1H3/t13-/m0/s1. The molecule has 0 amide bonds. The number of ether oxygens (including phenoxy) is 1. The third-order valence-corrected chi connectivity index (χ3v) is 3.98. The first-order valence-corrected chi connectivity index (χ1v) is 7.35. The van der Waals surface area contributed by atoms with Crippen LogP contribution in [0.25, 0.3) is 0 Å². The molecule has 1 heterocycles. The Hall–Kier alpha value is -0.510. The molecule has 0 spiro atoms. The Kier molecular flexibility index (Phi) is 5.36. The fraction of sp³-hybridized carbons (Fsp3) is 0.571. The molecule has 1 aromatic carbocycles.